The molecule has 0 aliphatic rings. The van der Waals surface area contributed by atoms with Gasteiger partial charge in [0, 0.05) is 0 Å². The van der Waals surface area contributed by atoms with Gasteiger partial charge >= 0.3 is 30.9 Å². The standard InChI is InChI=1S/C23H11F15N2O2/c24-19(25,26)9-2-5-13(15(17(9)39)22(33,34)35)41-8-1-4-12(11(7-8)21(30,31)32)42-14-6-3-10(20(27,28)29)18(40)16(14)23(36,37)38/h1-7H,39-40H2. The van der Waals surface area contributed by atoms with Gasteiger partial charge in [-0.05, 0) is 42.5 Å². The van der Waals surface area contributed by atoms with Crippen LogP contribution in [0.3, 0.4) is 0 Å². The van der Waals surface area contributed by atoms with Crippen molar-refractivity contribution in [3.63, 3.8) is 0 Å². The molecule has 0 spiro atoms. The second-order valence-corrected chi connectivity index (χ2v) is 8.15. The smallest absolute Gasteiger partial charge is 0.421 e. The minimum atomic E-state index is -5.67. The van der Waals surface area contributed by atoms with Crippen LogP contribution in [0.25, 0.3) is 0 Å². The Balaban J connectivity index is 2.15. The van der Waals surface area contributed by atoms with Crippen LogP contribution in [0, 0.1) is 0 Å². The molecule has 0 saturated heterocycles. The molecule has 0 bridgehead atoms. The highest BCUT2D eigenvalue weighted by Crippen LogP contribution is 2.50. The molecule has 0 atom stereocenters. The van der Waals surface area contributed by atoms with Crippen molar-refractivity contribution < 1.29 is 75.3 Å². The van der Waals surface area contributed by atoms with Gasteiger partial charge in [0.2, 0.25) is 0 Å². The van der Waals surface area contributed by atoms with Crippen LogP contribution < -0.4 is 20.9 Å². The van der Waals surface area contributed by atoms with Crippen molar-refractivity contribution in [1.29, 1.82) is 0 Å². The number of benzene rings is 3. The average molecular weight is 632 g/mol. The summed E-state index contributed by atoms with van der Waals surface area (Å²) in [5, 5.41) is 0. The molecular formula is C23H11F15N2O2. The van der Waals surface area contributed by atoms with E-state index in [1.165, 1.54) is 0 Å². The van der Waals surface area contributed by atoms with Crippen LogP contribution in [0.4, 0.5) is 77.2 Å². The van der Waals surface area contributed by atoms with Crippen LogP contribution in [0.15, 0.2) is 42.5 Å². The Kier molecular flexibility index (Phi) is 7.90. The zero-order valence-corrected chi connectivity index (χ0v) is 19.7. The first-order chi connectivity index (χ1) is 18.8. The van der Waals surface area contributed by atoms with E-state index >= 15 is 0 Å². The third kappa shape index (κ3) is 6.64. The third-order valence-corrected chi connectivity index (χ3v) is 5.30. The fourth-order valence-corrected chi connectivity index (χ4v) is 3.58. The molecule has 0 amide bonds. The monoisotopic (exact) mass is 632 g/mol. The molecule has 230 valence electrons. The second-order valence-electron chi connectivity index (χ2n) is 8.15. The lowest BCUT2D eigenvalue weighted by Gasteiger charge is -2.22. The van der Waals surface area contributed by atoms with Gasteiger partial charge in [0.15, 0.2) is 0 Å². The van der Waals surface area contributed by atoms with Crippen molar-refractivity contribution in [3.05, 3.63) is 70.3 Å². The highest BCUT2D eigenvalue weighted by Gasteiger charge is 2.45. The van der Waals surface area contributed by atoms with Gasteiger partial charge < -0.3 is 20.9 Å². The summed E-state index contributed by atoms with van der Waals surface area (Å²) in [6.45, 7) is 0. The number of nitrogens with two attached hydrogens (primary N) is 2. The summed E-state index contributed by atoms with van der Waals surface area (Å²) in [6.07, 6.45) is -27.6. The van der Waals surface area contributed by atoms with E-state index in [4.69, 9.17) is 16.2 Å². The lowest BCUT2D eigenvalue weighted by molar-refractivity contribution is -0.144. The van der Waals surface area contributed by atoms with E-state index in [9.17, 15) is 65.9 Å². The minimum absolute atomic E-state index is 0.0122. The zero-order valence-electron chi connectivity index (χ0n) is 19.7. The van der Waals surface area contributed by atoms with Crippen LogP contribution in [0.5, 0.6) is 23.0 Å². The predicted molar refractivity (Wildman–Crippen MR) is 113 cm³/mol. The zero-order chi connectivity index (χ0) is 32.2. The summed E-state index contributed by atoms with van der Waals surface area (Å²) in [5.41, 5.74) is -4.12. The van der Waals surface area contributed by atoms with E-state index < -0.39 is 93.1 Å². The second kappa shape index (κ2) is 10.3. The first-order valence-electron chi connectivity index (χ1n) is 10.5. The maximum Gasteiger partial charge on any atom is 0.421 e. The van der Waals surface area contributed by atoms with E-state index in [1.807, 2.05) is 0 Å². The van der Waals surface area contributed by atoms with E-state index in [0.717, 1.165) is 0 Å². The van der Waals surface area contributed by atoms with Gasteiger partial charge in [0.1, 0.15) is 39.7 Å². The summed E-state index contributed by atoms with van der Waals surface area (Å²) < 4.78 is 210. The van der Waals surface area contributed by atoms with Crippen LogP contribution in [-0.2, 0) is 30.9 Å². The molecule has 19 heteroatoms. The summed E-state index contributed by atoms with van der Waals surface area (Å²) >= 11 is 0. The highest BCUT2D eigenvalue weighted by atomic mass is 19.4. The lowest BCUT2D eigenvalue weighted by Crippen LogP contribution is -2.17. The maximum absolute atomic E-state index is 13.8. The summed E-state index contributed by atoms with van der Waals surface area (Å²) in [7, 11) is 0. The van der Waals surface area contributed by atoms with Crippen molar-refractivity contribution in [2.45, 2.75) is 30.9 Å². The third-order valence-electron chi connectivity index (χ3n) is 5.30. The molecule has 3 aromatic carbocycles. The van der Waals surface area contributed by atoms with Crippen LogP contribution >= 0.6 is 0 Å². The minimum Gasteiger partial charge on any atom is -0.457 e. The van der Waals surface area contributed by atoms with Gasteiger partial charge in [0.05, 0.1) is 22.5 Å². The van der Waals surface area contributed by atoms with Crippen molar-refractivity contribution in [2.75, 3.05) is 11.5 Å². The van der Waals surface area contributed by atoms with Gasteiger partial charge in [-0.1, -0.05) is 0 Å². The Bertz CT molecular complexity index is 1480. The molecule has 0 heterocycles. The van der Waals surface area contributed by atoms with Gasteiger partial charge in [-0.2, -0.15) is 65.9 Å². The van der Waals surface area contributed by atoms with Gasteiger partial charge in [-0.3, -0.25) is 0 Å². The Morgan fingerprint density at radius 2 is 0.762 bits per heavy atom. The molecule has 3 rings (SSSR count). The molecule has 0 saturated carbocycles. The van der Waals surface area contributed by atoms with Crippen LogP contribution in [0.2, 0.25) is 0 Å². The molecule has 4 N–H and O–H groups in total. The van der Waals surface area contributed by atoms with Gasteiger partial charge in [-0.25, -0.2) is 0 Å². The number of halogens is 15. The Labute approximate surface area is 223 Å². The number of hydrogen-bond acceptors (Lipinski definition) is 4. The molecule has 0 unspecified atom stereocenters. The van der Waals surface area contributed by atoms with E-state index in [-0.39, 0.29) is 36.4 Å². The Morgan fingerprint density at radius 1 is 0.405 bits per heavy atom. The number of nitrogen functional groups attached to an aromatic ring is 2. The van der Waals surface area contributed by atoms with Crippen molar-refractivity contribution >= 4 is 11.4 Å². The lowest BCUT2D eigenvalue weighted by atomic mass is 10.0. The molecule has 4 nitrogen and oxygen atoms in total. The first-order valence-corrected chi connectivity index (χ1v) is 10.5. The molecule has 3 aromatic rings. The summed E-state index contributed by atoms with van der Waals surface area (Å²) in [5.74, 6) is -5.67. The summed E-state index contributed by atoms with van der Waals surface area (Å²) in [4.78, 5) is 0. The molecule has 0 fully saturated rings. The number of rotatable bonds is 4. The molecule has 0 aliphatic carbocycles. The Hall–Kier alpha value is -4.19. The number of ether oxygens (including phenoxy) is 2. The normalized spacial score (nSPS) is 13.3. The fraction of sp³-hybridized carbons (Fsp3) is 0.217. The Morgan fingerprint density at radius 3 is 1.12 bits per heavy atom. The molecule has 0 aliphatic heterocycles. The first kappa shape index (κ1) is 32.3. The molecule has 0 aromatic heterocycles. The predicted octanol–water partition coefficient (Wildman–Crippen LogP) is 9.53. The SMILES string of the molecule is Nc1c(C(F)(F)F)ccc(Oc2ccc(Oc3ccc(C(F)(F)F)c(N)c3C(F)(F)F)c(C(F)(F)F)c2)c1C(F)(F)F. The maximum atomic E-state index is 13.8. The average Bonchev–Trinajstić information content (AvgIpc) is 2.76. The largest absolute Gasteiger partial charge is 0.457 e. The fourth-order valence-electron chi connectivity index (χ4n) is 3.58. The molecule has 0 radical (unpaired) electrons. The summed E-state index contributed by atoms with van der Waals surface area (Å²) in [6, 6.07) is 0.845. The van der Waals surface area contributed by atoms with Crippen molar-refractivity contribution in [2.24, 2.45) is 0 Å². The van der Waals surface area contributed by atoms with Crippen molar-refractivity contribution in [3.8, 4) is 23.0 Å². The van der Waals surface area contributed by atoms with Crippen LogP contribution in [-0.4, -0.2) is 0 Å². The van der Waals surface area contributed by atoms with Gasteiger partial charge in [0.25, 0.3) is 0 Å². The number of alkyl halides is 15. The number of hydrogen-bond donors (Lipinski definition) is 2. The van der Waals surface area contributed by atoms with E-state index in [2.05, 4.69) is 4.74 Å². The topological polar surface area (TPSA) is 70.5 Å². The molecule has 42 heavy (non-hydrogen) atoms. The quantitative estimate of drug-likeness (QED) is 0.222. The molecular weight excluding hydrogens is 621 g/mol. The number of anilines is 2. The van der Waals surface area contributed by atoms with E-state index in [0.29, 0.717) is 6.07 Å². The van der Waals surface area contributed by atoms with Gasteiger partial charge in [-0.15, -0.1) is 0 Å². The van der Waals surface area contributed by atoms with Crippen LogP contribution in [0.1, 0.15) is 27.8 Å². The van der Waals surface area contributed by atoms with E-state index in [1.54, 1.807) is 0 Å². The van der Waals surface area contributed by atoms with Crippen molar-refractivity contribution in [1.82, 2.24) is 0 Å². The highest BCUT2D eigenvalue weighted by molar-refractivity contribution is 5.64.